The lowest BCUT2D eigenvalue weighted by molar-refractivity contribution is -0.153. The number of hydrogen-bond donors (Lipinski definition) is 3. The third-order valence-corrected chi connectivity index (χ3v) is 7.61. The van der Waals surface area contributed by atoms with Crippen LogP contribution >= 0.6 is 0 Å². The summed E-state index contributed by atoms with van der Waals surface area (Å²) in [6.07, 6.45) is 0.878. The molecule has 0 unspecified atom stereocenters. The van der Waals surface area contributed by atoms with E-state index in [4.69, 9.17) is 10.5 Å². The predicted molar refractivity (Wildman–Crippen MR) is 140 cm³/mol. The second-order valence-corrected chi connectivity index (χ2v) is 9.89. The maximum Gasteiger partial charge on any atom is 0.309 e. The molecule has 1 atom stereocenters. The maximum atomic E-state index is 15.8. The Labute approximate surface area is 224 Å². The Kier molecular flexibility index (Phi) is 8.91. The standard InChI is InChI=1S/C28H32F4N4O3/c1-39-19-2-3-23-20(14-19)25(17(15-33)16-35-23)21(30)4-5-28(27(37)38)6-9-36(10-7-28)11-8-34-24-13-18(29)12-22(31)26(24)32/h2-3,12-14,16,21,34H,4-11,15,33H2,1H3,(H,37,38)/t21-/m1/s1. The van der Waals surface area contributed by atoms with Crippen molar-refractivity contribution in [3.63, 3.8) is 0 Å². The Bertz CT molecular complexity index is 1330. The molecule has 2 aromatic carbocycles. The molecule has 7 nitrogen and oxygen atoms in total. The number of pyridine rings is 1. The quantitative estimate of drug-likeness (QED) is 0.224. The van der Waals surface area contributed by atoms with Crippen LogP contribution in [-0.4, -0.2) is 54.2 Å². The van der Waals surface area contributed by atoms with Gasteiger partial charge in [-0.2, -0.15) is 0 Å². The van der Waals surface area contributed by atoms with Gasteiger partial charge in [-0.05, 0) is 62.5 Å². The Morgan fingerprint density at radius 2 is 1.97 bits per heavy atom. The highest BCUT2D eigenvalue weighted by molar-refractivity contribution is 5.85. The number of halogens is 4. The number of anilines is 1. The van der Waals surface area contributed by atoms with E-state index in [0.29, 0.717) is 66.3 Å². The lowest BCUT2D eigenvalue weighted by atomic mass is 9.74. The van der Waals surface area contributed by atoms with Gasteiger partial charge in [-0.1, -0.05) is 0 Å². The number of carboxylic acids is 1. The fourth-order valence-corrected chi connectivity index (χ4v) is 5.25. The highest BCUT2D eigenvalue weighted by Gasteiger charge is 2.41. The number of rotatable bonds is 11. The molecular weight excluding hydrogens is 516 g/mol. The van der Waals surface area contributed by atoms with E-state index in [1.165, 1.54) is 7.11 Å². The number of methoxy groups -OCH3 is 1. The first kappa shape index (κ1) is 28.6. The minimum absolute atomic E-state index is 0.00158. The average molecular weight is 549 g/mol. The molecule has 1 aromatic heterocycles. The van der Waals surface area contributed by atoms with Crippen molar-refractivity contribution in [2.75, 3.05) is 38.6 Å². The summed E-state index contributed by atoms with van der Waals surface area (Å²) < 4.78 is 61.8. The van der Waals surface area contributed by atoms with Crippen molar-refractivity contribution in [1.29, 1.82) is 0 Å². The molecule has 0 aliphatic carbocycles. The highest BCUT2D eigenvalue weighted by atomic mass is 19.2. The van der Waals surface area contributed by atoms with E-state index in [-0.39, 0.29) is 31.6 Å². The molecule has 0 bridgehead atoms. The number of fused-ring (bicyclic) bond motifs is 1. The smallest absolute Gasteiger partial charge is 0.309 e. The molecule has 0 saturated carbocycles. The van der Waals surface area contributed by atoms with Gasteiger partial charge in [0, 0.05) is 48.9 Å². The van der Waals surface area contributed by atoms with Crippen LogP contribution in [0.2, 0.25) is 0 Å². The minimum Gasteiger partial charge on any atom is -0.497 e. The molecule has 210 valence electrons. The van der Waals surface area contributed by atoms with Gasteiger partial charge in [0.1, 0.15) is 17.7 Å². The molecule has 1 aliphatic rings. The van der Waals surface area contributed by atoms with E-state index in [1.54, 1.807) is 24.4 Å². The van der Waals surface area contributed by atoms with Gasteiger partial charge in [0.25, 0.3) is 0 Å². The molecule has 1 fully saturated rings. The van der Waals surface area contributed by atoms with Crippen LogP contribution in [-0.2, 0) is 11.3 Å². The van der Waals surface area contributed by atoms with Gasteiger partial charge in [-0.3, -0.25) is 9.78 Å². The minimum atomic E-state index is -1.44. The lowest BCUT2D eigenvalue weighted by Crippen LogP contribution is -2.45. The van der Waals surface area contributed by atoms with Crippen LogP contribution in [0, 0.1) is 22.9 Å². The fourth-order valence-electron chi connectivity index (χ4n) is 5.25. The first-order chi connectivity index (χ1) is 18.7. The maximum absolute atomic E-state index is 15.8. The Morgan fingerprint density at radius 1 is 1.23 bits per heavy atom. The molecule has 4 N–H and O–H groups in total. The number of hydrogen-bond acceptors (Lipinski definition) is 6. The van der Waals surface area contributed by atoms with Crippen molar-refractivity contribution in [1.82, 2.24) is 9.88 Å². The second-order valence-electron chi connectivity index (χ2n) is 9.89. The lowest BCUT2D eigenvalue weighted by Gasteiger charge is -2.39. The Morgan fingerprint density at radius 3 is 2.64 bits per heavy atom. The Hall–Kier alpha value is -3.44. The van der Waals surface area contributed by atoms with E-state index in [0.717, 1.165) is 6.07 Å². The van der Waals surface area contributed by atoms with Crippen LogP contribution in [0.3, 0.4) is 0 Å². The molecule has 0 spiro atoms. The zero-order valence-electron chi connectivity index (χ0n) is 21.7. The number of alkyl halides is 1. The zero-order chi connectivity index (χ0) is 28.2. The summed E-state index contributed by atoms with van der Waals surface area (Å²) in [5, 5.41) is 13.4. The monoisotopic (exact) mass is 548 g/mol. The topological polar surface area (TPSA) is 101 Å². The number of aliphatic carboxylic acids is 1. The average Bonchev–Trinajstić information content (AvgIpc) is 2.93. The molecule has 3 aromatic rings. The Balaban J connectivity index is 1.39. The van der Waals surface area contributed by atoms with Crippen LogP contribution < -0.4 is 15.8 Å². The van der Waals surface area contributed by atoms with Crippen LogP contribution in [0.4, 0.5) is 23.2 Å². The van der Waals surface area contributed by atoms with E-state index < -0.39 is 35.0 Å². The molecule has 0 radical (unpaired) electrons. The van der Waals surface area contributed by atoms with Gasteiger partial charge in [0.15, 0.2) is 11.6 Å². The van der Waals surface area contributed by atoms with Gasteiger partial charge in [-0.25, -0.2) is 17.6 Å². The number of aromatic nitrogens is 1. The molecule has 11 heteroatoms. The number of nitrogens with zero attached hydrogens (tertiary/aromatic N) is 2. The van der Waals surface area contributed by atoms with Crippen molar-refractivity contribution in [2.24, 2.45) is 11.1 Å². The summed E-state index contributed by atoms with van der Waals surface area (Å²) in [6, 6.07) is 6.56. The molecule has 4 rings (SSSR count). The van der Waals surface area contributed by atoms with Gasteiger partial charge in [-0.15, -0.1) is 0 Å². The third kappa shape index (κ3) is 6.25. The normalized spacial score (nSPS) is 16.3. The summed E-state index contributed by atoms with van der Waals surface area (Å²) >= 11 is 0. The molecule has 39 heavy (non-hydrogen) atoms. The summed E-state index contributed by atoms with van der Waals surface area (Å²) in [6.45, 7) is 1.61. The van der Waals surface area contributed by atoms with Crippen molar-refractivity contribution in [2.45, 2.75) is 38.4 Å². The first-order valence-electron chi connectivity index (χ1n) is 12.8. The molecule has 2 heterocycles. The summed E-state index contributed by atoms with van der Waals surface area (Å²) in [7, 11) is 1.52. The first-order valence-corrected chi connectivity index (χ1v) is 12.8. The summed E-state index contributed by atoms with van der Waals surface area (Å²) in [5.74, 6) is -3.72. The van der Waals surface area contributed by atoms with Crippen molar-refractivity contribution >= 4 is 22.6 Å². The summed E-state index contributed by atoms with van der Waals surface area (Å²) in [5.41, 5.74) is 6.09. The zero-order valence-corrected chi connectivity index (χ0v) is 21.7. The van der Waals surface area contributed by atoms with E-state index >= 15 is 4.39 Å². The largest absolute Gasteiger partial charge is 0.497 e. The van der Waals surface area contributed by atoms with Gasteiger partial charge in [0.2, 0.25) is 0 Å². The SMILES string of the molecule is COc1ccc2ncc(CN)c([C@H](F)CCC3(C(=O)O)CCN(CCNc4cc(F)cc(F)c4F)CC3)c2c1. The fraction of sp³-hybridized carbons (Fsp3) is 0.429. The number of benzene rings is 2. The van der Waals surface area contributed by atoms with Crippen molar-refractivity contribution in [3.8, 4) is 5.75 Å². The number of nitrogens with one attached hydrogen (secondary N) is 1. The number of ether oxygens (including phenoxy) is 1. The third-order valence-electron chi connectivity index (χ3n) is 7.61. The van der Waals surface area contributed by atoms with Gasteiger partial charge < -0.3 is 25.8 Å². The number of carboxylic acid groups (broad SMARTS) is 1. The summed E-state index contributed by atoms with van der Waals surface area (Å²) in [4.78, 5) is 18.7. The molecule has 0 amide bonds. The second kappa shape index (κ2) is 12.2. The molecular formula is C28H32F4N4O3. The van der Waals surface area contributed by atoms with Crippen molar-refractivity contribution in [3.05, 3.63) is 65.1 Å². The van der Waals surface area contributed by atoms with E-state index in [9.17, 15) is 23.1 Å². The van der Waals surface area contributed by atoms with Crippen LogP contribution in [0.5, 0.6) is 5.75 Å². The number of piperidine rings is 1. The van der Waals surface area contributed by atoms with E-state index in [2.05, 4.69) is 10.3 Å². The molecule has 1 saturated heterocycles. The number of nitrogens with two attached hydrogens (primary N) is 1. The highest BCUT2D eigenvalue weighted by Crippen LogP contribution is 2.41. The van der Waals surface area contributed by atoms with E-state index in [1.807, 2.05) is 4.90 Å². The van der Waals surface area contributed by atoms with Gasteiger partial charge >= 0.3 is 5.97 Å². The van der Waals surface area contributed by atoms with Crippen LogP contribution in [0.1, 0.15) is 43.0 Å². The van der Waals surface area contributed by atoms with Gasteiger partial charge in [0.05, 0.1) is 23.7 Å². The number of likely N-dealkylation sites (tertiary alicyclic amines) is 1. The molecule has 1 aliphatic heterocycles. The van der Waals surface area contributed by atoms with Crippen LogP contribution in [0.15, 0.2) is 36.5 Å². The predicted octanol–water partition coefficient (Wildman–Crippen LogP) is 5.19. The van der Waals surface area contributed by atoms with Crippen molar-refractivity contribution < 1.29 is 32.2 Å². The van der Waals surface area contributed by atoms with Crippen LogP contribution in [0.25, 0.3) is 10.9 Å². The number of carbonyl (C=O) groups is 1.